The standard InChI is InChI=1S/C10H16N2O2/c13-9-6-8(10(14)12-9)11-7-4-2-1-3-5-7/h7-8,11H,1-6H2,(H,12,13,14)/t8-/m0/s1. The van der Waals surface area contributed by atoms with Gasteiger partial charge in [0.1, 0.15) is 0 Å². The highest BCUT2D eigenvalue weighted by Gasteiger charge is 2.32. The monoisotopic (exact) mass is 196 g/mol. The first-order chi connectivity index (χ1) is 6.75. The van der Waals surface area contributed by atoms with Crippen molar-refractivity contribution in [2.75, 3.05) is 0 Å². The van der Waals surface area contributed by atoms with Crippen molar-refractivity contribution in [1.29, 1.82) is 0 Å². The summed E-state index contributed by atoms with van der Waals surface area (Å²) in [6.07, 6.45) is 6.36. The molecule has 4 heteroatoms. The van der Waals surface area contributed by atoms with Crippen molar-refractivity contribution >= 4 is 11.8 Å². The highest BCUT2D eigenvalue weighted by atomic mass is 16.2. The lowest BCUT2D eigenvalue weighted by atomic mass is 9.95. The van der Waals surface area contributed by atoms with E-state index in [0.29, 0.717) is 12.5 Å². The topological polar surface area (TPSA) is 58.2 Å². The van der Waals surface area contributed by atoms with Crippen LogP contribution in [0.5, 0.6) is 0 Å². The van der Waals surface area contributed by atoms with Gasteiger partial charge >= 0.3 is 0 Å². The van der Waals surface area contributed by atoms with Crippen molar-refractivity contribution in [2.24, 2.45) is 0 Å². The predicted molar refractivity (Wildman–Crippen MR) is 51.6 cm³/mol. The Balaban J connectivity index is 1.84. The zero-order chi connectivity index (χ0) is 9.97. The predicted octanol–water partition coefficient (Wildman–Crippen LogP) is 0.324. The van der Waals surface area contributed by atoms with Gasteiger partial charge in [-0.05, 0) is 12.8 Å². The molecule has 0 aromatic carbocycles. The summed E-state index contributed by atoms with van der Waals surface area (Å²) >= 11 is 0. The van der Waals surface area contributed by atoms with Gasteiger partial charge in [-0.3, -0.25) is 14.9 Å². The van der Waals surface area contributed by atoms with E-state index in [1.807, 2.05) is 0 Å². The van der Waals surface area contributed by atoms with Crippen molar-refractivity contribution in [3.05, 3.63) is 0 Å². The van der Waals surface area contributed by atoms with E-state index >= 15 is 0 Å². The molecule has 2 aliphatic rings. The third kappa shape index (κ3) is 2.12. The third-order valence-electron chi connectivity index (χ3n) is 3.01. The van der Waals surface area contributed by atoms with Crippen LogP contribution in [0, 0.1) is 0 Å². The maximum absolute atomic E-state index is 11.3. The fourth-order valence-corrected chi connectivity index (χ4v) is 2.24. The van der Waals surface area contributed by atoms with Gasteiger partial charge in [0, 0.05) is 6.04 Å². The van der Waals surface area contributed by atoms with Crippen molar-refractivity contribution < 1.29 is 9.59 Å². The van der Waals surface area contributed by atoms with Crippen molar-refractivity contribution in [3.63, 3.8) is 0 Å². The summed E-state index contributed by atoms with van der Waals surface area (Å²) in [6, 6.07) is 0.163. The van der Waals surface area contributed by atoms with Crippen LogP contribution in [0.4, 0.5) is 0 Å². The number of carbonyl (C=O) groups excluding carboxylic acids is 2. The molecule has 0 unspecified atom stereocenters. The van der Waals surface area contributed by atoms with Crippen LogP contribution in [0.1, 0.15) is 38.5 Å². The summed E-state index contributed by atoms with van der Waals surface area (Å²) in [5, 5.41) is 5.58. The number of imide groups is 1. The highest BCUT2D eigenvalue weighted by Crippen LogP contribution is 2.18. The van der Waals surface area contributed by atoms with Crippen LogP contribution >= 0.6 is 0 Å². The Bertz CT molecular complexity index is 247. The molecule has 4 nitrogen and oxygen atoms in total. The van der Waals surface area contributed by atoms with Crippen molar-refractivity contribution in [1.82, 2.24) is 10.6 Å². The molecule has 1 aliphatic heterocycles. The van der Waals surface area contributed by atoms with Crippen LogP contribution in [0.3, 0.4) is 0 Å². The Hall–Kier alpha value is -0.900. The molecule has 2 amide bonds. The van der Waals surface area contributed by atoms with E-state index in [1.165, 1.54) is 19.3 Å². The Morgan fingerprint density at radius 2 is 1.86 bits per heavy atom. The zero-order valence-corrected chi connectivity index (χ0v) is 8.21. The van der Waals surface area contributed by atoms with E-state index in [4.69, 9.17) is 0 Å². The molecule has 1 saturated heterocycles. The van der Waals surface area contributed by atoms with Gasteiger partial charge in [-0.25, -0.2) is 0 Å². The van der Waals surface area contributed by atoms with E-state index in [1.54, 1.807) is 0 Å². The van der Waals surface area contributed by atoms with E-state index in [-0.39, 0.29) is 17.9 Å². The lowest BCUT2D eigenvalue weighted by Gasteiger charge is -2.24. The molecule has 1 atom stereocenters. The lowest BCUT2D eigenvalue weighted by Crippen LogP contribution is -2.43. The second kappa shape index (κ2) is 4.09. The van der Waals surface area contributed by atoms with E-state index in [2.05, 4.69) is 10.6 Å². The number of hydrogen-bond donors (Lipinski definition) is 2. The maximum Gasteiger partial charge on any atom is 0.244 e. The minimum absolute atomic E-state index is 0.150. The van der Waals surface area contributed by atoms with Gasteiger partial charge in [0.05, 0.1) is 12.5 Å². The molecule has 2 fully saturated rings. The first kappa shape index (κ1) is 9.65. The molecule has 78 valence electrons. The summed E-state index contributed by atoms with van der Waals surface area (Å²) in [4.78, 5) is 22.2. The van der Waals surface area contributed by atoms with E-state index in [9.17, 15) is 9.59 Å². The van der Waals surface area contributed by atoms with Crippen LogP contribution in [0.2, 0.25) is 0 Å². The average molecular weight is 196 g/mol. The minimum Gasteiger partial charge on any atom is -0.303 e. The summed E-state index contributed by atoms with van der Waals surface area (Å²) in [6.45, 7) is 0. The van der Waals surface area contributed by atoms with Crippen LogP contribution in [0.25, 0.3) is 0 Å². The van der Waals surface area contributed by atoms with Crippen molar-refractivity contribution in [3.8, 4) is 0 Å². The largest absolute Gasteiger partial charge is 0.303 e. The van der Waals surface area contributed by atoms with E-state index < -0.39 is 0 Å². The molecule has 0 aromatic rings. The second-order valence-corrected chi connectivity index (χ2v) is 4.17. The van der Waals surface area contributed by atoms with Crippen LogP contribution < -0.4 is 10.6 Å². The molecule has 0 spiro atoms. The van der Waals surface area contributed by atoms with Gasteiger partial charge in [-0.1, -0.05) is 19.3 Å². The number of hydrogen-bond acceptors (Lipinski definition) is 3. The summed E-state index contributed by atoms with van der Waals surface area (Å²) < 4.78 is 0. The van der Waals surface area contributed by atoms with Crippen LogP contribution in [-0.4, -0.2) is 23.9 Å². The lowest BCUT2D eigenvalue weighted by molar-refractivity contribution is -0.125. The van der Waals surface area contributed by atoms with Crippen LogP contribution in [-0.2, 0) is 9.59 Å². The summed E-state index contributed by atoms with van der Waals surface area (Å²) in [5.41, 5.74) is 0. The Labute approximate surface area is 83.4 Å². The molecule has 0 bridgehead atoms. The third-order valence-corrected chi connectivity index (χ3v) is 3.01. The molecular formula is C10H16N2O2. The molecular weight excluding hydrogens is 180 g/mol. The Morgan fingerprint density at radius 1 is 1.14 bits per heavy atom. The smallest absolute Gasteiger partial charge is 0.244 e. The molecule has 1 saturated carbocycles. The fraction of sp³-hybridized carbons (Fsp3) is 0.800. The van der Waals surface area contributed by atoms with Gasteiger partial charge < -0.3 is 5.32 Å². The normalized spacial score (nSPS) is 29.3. The first-order valence-corrected chi connectivity index (χ1v) is 5.35. The molecule has 1 heterocycles. The van der Waals surface area contributed by atoms with Gasteiger partial charge in [-0.2, -0.15) is 0 Å². The number of amides is 2. The Morgan fingerprint density at radius 3 is 2.43 bits per heavy atom. The van der Waals surface area contributed by atoms with Gasteiger partial charge in [-0.15, -0.1) is 0 Å². The van der Waals surface area contributed by atoms with Crippen LogP contribution in [0.15, 0.2) is 0 Å². The molecule has 2 rings (SSSR count). The zero-order valence-electron chi connectivity index (χ0n) is 8.21. The molecule has 2 N–H and O–H groups in total. The first-order valence-electron chi connectivity index (χ1n) is 5.35. The SMILES string of the molecule is O=C1C[C@H](NC2CCCCC2)C(=O)N1. The fourth-order valence-electron chi connectivity index (χ4n) is 2.24. The molecule has 0 radical (unpaired) electrons. The van der Waals surface area contributed by atoms with Gasteiger partial charge in [0.25, 0.3) is 0 Å². The highest BCUT2D eigenvalue weighted by molar-refractivity contribution is 6.05. The molecule has 0 aromatic heterocycles. The quantitative estimate of drug-likeness (QED) is 0.625. The number of rotatable bonds is 2. The van der Waals surface area contributed by atoms with Gasteiger partial charge in [0.2, 0.25) is 11.8 Å². The maximum atomic E-state index is 11.3. The Kier molecular flexibility index (Phi) is 2.82. The molecule has 14 heavy (non-hydrogen) atoms. The average Bonchev–Trinajstić information content (AvgIpc) is 2.47. The summed E-state index contributed by atoms with van der Waals surface area (Å²) in [7, 11) is 0. The van der Waals surface area contributed by atoms with E-state index in [0.717, 1.165) is 12.8 Å². The second-order valence-electron chi connectivity index (χ2n) is 4.17. The molecule has 1 aliphatic carbocycles. The van der Waals surface area contributed by atoms with Gasteiger partial charge in [0.15, 0.2) is 0 Å². The van der Waals surface area contributed by atoms with Crippen molar-refractivity contribution in [2.45, 2.75) is 50.6 Å². The number of nitrogens with one attached hydrogen (secondary N) is 2. The summed E-state index contributed by atoms with van der Waals surface area (Å²) in [5.74, 6) is -0.302. The number of carbonyl (C=O) groups is 2. The minimum atomic E-state index is -0.273.